The van der Waals surface area contributed by atoms with E-state index in [0.717, 1.165) is 7.83 Å². The second kappa shape index (κ2) is 9.09. The summed E-state index contributed by atoms with van der Waals surface area (Å²) < 4.78 is 2.10. The van der Waals surface area contributed by atoms with Crippen molar-refractivity contribution < 1.29 is 0 Å². The molecule has 0 aliphatic carbocycles. The first-order chi connectivity index (χ1) is 12.1. The van der Waals surface area contributed by atoms with E-state index in [1.807, 2.05) is 22.7 Å². The number of halogens is 2. The second-order valence-electron chi connectivity index (χ2n) is 6.99. The molecule has 25 heavy (non-hydrogen) atoms. The number of nitrogens with zero attached hydrogens (tertiary/aromatic N) is 2. The van der Waals surface area contributed by atoms with Crippen LogP contribution in [0.25, 0.3) is 9.75 Å². The fourth-order valence-corrected chi connectivity index (χ4v) is 13.9. The van der Waals surface area contributed by atoms with Gasteiger partial charge in [0.1, 0.15) is 0 Å². The van der Waals surface area contributed by atoms with Gasteiger partial charge in [0, 0.05) is 0 Å². The van der Waals surface area contributed by atoms with E-state index in [-0.39, 0.29) is 0 Å². The van der Waals surface area contributed by atoms with Crippen molar-refractivity contribution >= 4 is 73.2 Å². The zero-order chi connectivity index (χ0) is 17.9. The average molecular weight is 522 g/mol. The van der Waals surface area contributed by atoms with Crippen LogP contribution in [0.3, 0.4) is 0 Å². The molecule has 2 aromatic rings. The lowest BCUT2D eigenvalue weighted by molar-refractivity contribution is 0.684. The summed E-state index contributed by atoms with van der Waals surface area (Å²) in [6.07, 6.45) is 10.7. The molecule has 3 heterocycles. The fraction of sp³-hybridized carbons (Fsp3) is 0.667. The van der Waals surface area contributed by atoms with Gasteiger partial charge >= 0.3 is 0 Å². The minimum atomic E-state index is -1.79. The Kier molecular flexibility index (Phi) is 7.33. The molecule has 0 saturated carbocycles. The molecule has 0 amide bonds. The highest BCUT2D eigenvalue weighted by molar-refractivity contribution is 9.11. The largest absolute Gasteiger partial charge is 0.238 e. The van der Waals surface area contributed by atoms with Crippen molar-refractivity contribution in [3.63, 3.8) is 0 Å². The molecule has 0 unspecified atom stereocenters. The van der Waals surface area contributed by atoms with Crippen molar-refractivity contribution in [2.45, 2.75) is 77.3 Å². The first-order valence-corrected chi connectivity index (χ1v) is 15.1. The van der Waals surface area contributed by atoms with Crippen LogP contribution in [0, 0.1) is 0 Å². The Morgan fingerprint density at radius 1 is 0.720 bits per heavy atom. The molecule has 1 aliphatic heterocycles. The Labute approximate surface area is 177 Å². The molecular weight excluding hydrogens is 496 g/mol. The predicted molar refractivity (Wildman–Crippen MR) is 122 cm³/mol. The summed E-state index contributed by atoms with van der Waals surface area (Å²) in [5, 5.41) is 2.89. The molecular formula is C18H26Br2N2S2Si. The summed E-state index contributed by atoms with van der Waals surface area (Å²) >= 11 is 10.9. The number of hydrogen-bond acceptors (Lipinski definition) is 4. The van der Waals surface area contributed by atoms with Crippen LogP contribution in [0.4, 0.5) is 0 Å². The molecule has 2 aromatic heterocycles. The van der Waals surface area contributed by atoms with Crippen molar-refractivity contribution in [1.29, 1.82) is 0 Å². The SMILES string of the molecule is CCCCCC[Si]1(CCCCCC)c2nc(Br)sc2-c2sc(Br)nc21. The molecule has 0 fully saturated rings. The Bertz CT molecular complexity index is 654. The lowest BCUT2D eigenvalue weighted by Gasteiger charge is -2.26. The van der Waals surface area contributed by atoms with Crippen LogP contribution < -0.4 is 10.6 Å². The lowest BCUT2D eigenvalue weighted by Crippen LogP contribution is -2.56. The summed E-state index contributed by atoms with van der Waals surface area (Å²) in [6, 6.07) is 2.65. The van der Waals surface area contributed by atoms with Gasteiger partial charge in [-0.05, 0) is 43.9 Å². The number of aromatic nitrogens is 2. The maximum atomic E-state index is 5.01. The van der Waals surface area contributed by atoms with E-state index in [2.05, 4.69) is 45.7 Å². The van der Waals surface area contributed by atoms with Gasteiger partial charge in [-0.2, -0.15) is 0 Å². The smallest absolute Gasteiger partial charge is 0.168 e. The zero-order valence-electron chi connectivity index (χ0n) is 15.0. The molecule has 138 valence electrons. The lowest BCUT2D eigenvalue weighted by atomic mass is 10.2. The van der Waals surface area contributed by atoms with Gasteiger partial charge in [-0.1, -0.05) is 65.2 Å². The number of hydrogen-bond donors (Lipinski definition) is 0. The second-order valence-corrected chi connectivity index (χ2v) is 15.7. The van der Waals surface area contributed by atoms with Gasteiger partial charge < -0.3 is 0 Å². The van der Waals surface area contributed by atoms with Gasteiger partial charge in [0.2, 0.25) is 0 Å². The summed E-state index contributed by atoms with van der Waals surface area (Å²) in [6.45, 7) is 4.58. The van der Waals surface area contributed by atoms with Crippen molar-refractivity contribution in [3.05, 3.63) is 7.83 Å². The summed E-state index contributed by atoms with van der Waals surface area (Å²) in [5.74, 6) is 0. The predicted octanol–water partition coefficient (Wildman–Crippen LogP) is 6.83. The highest BCUT2D eigenvalue weighted by Crippen LogP contribution is 2.42. The van der Waals surface area contributed by atoms with E-state index in [9.17, 15) is 0 Å². The number of unbranched alkanes of at least 4 members (excludes halogenated alkanes) is 6. The monoisotopic (exact) mass is 520 g/mol. The molecule has 0 radical (unpaired) electrons. The van der Waals surface area contributed by atoms with E-state index in [1.54, 1.807) is 0 Å². The van der Waals surface area contributed by atoms with Crippen LogP contribution in [-0.2, 0) is 0 Å². The standard InChI is InChI=1S/C18H26Br2N2S2Si/c1-3-5-7-9-11-25(12-10-8-6-4-2)15-13(23-17(19)21-15)14-16(25)22-18(20)24-14/h3-12H2,1-2H3. The van der Waals surface area contributed by atoms with Crippen molar-refractivity contribution in [1.82, 2.24) is 9.97 Å². The molecule has 2 nitrogen and oxygen atoms in total. The molecule has 3 rings (SSSR count). The van der Waals surface area contributed by atoms with E-state index in [4.69, 9.17) is 9.97 Å². The first-order valence-electron chi connectivity index (χ1n) is 9.46. The van der Waals surface area contributed by atoms with Crippen molar-refractivity contribution in [2.24, 2.45) is 0 Å². The van der Waals surface area contributed by atoms with E-state index in [1.165, 1.54) is 83.8 Å². The van der Waals surface area contributed by atoms with Gasteiger partial charge in [-0.15, -0.1) is 22.7 Å². The maximum absolute atomic E-state index is 5.01. The molecule has 7 heteroatoms. The van der Waals surface area contributed by atoms with Gasteiger partial charge in [0.15, 0.2) is 15.9 Å². The van der Waals surface area contributed by atoms with E-state index in [0.29, 0.717) is 0 Å². The molecule has 0 atom stereocenters. The normalized spacial score (nSPS) is 14.7. The number of rotatable bonds is 10. The highest BCUT2D eigenvalue weighted by Gasteiger charge is 2.50. The fourth-order valence-electron chi connectivity index (χ4n) is 3.96. The van der Waals surface area contributed by atoms with Crippen molar-refractivity contribution in [3.8, 4) is 9.75 Å². The van der Waals surface area contributed by atoms with Crippen LogP contribution >= 0.6 is 54.5 Å². The number of thiazole rings is 2. The molecule has 0 saturated heterocycles. The Hall–Kier alpha value is 0.437. The zero-order valence-corrected chi connectivity index (χ0v) is 20.8. The van der Waals surface area contributed by atoms with Crippen LogP contribution in [0.15, 0.2) is 7.83 Å². The molecule has 0 bridgehead atoms. The highest BCUT2D eigenvalue weighted by atomic mass is 79.9. The van der Waals surface area contributed by atoms with Gasteiger partial charge in [0.25, 0.3) is 0 Å². The van der Waals surface area contributed by atoms with E-state index >= 15 is 0 Å². The van der Waals surface area contributed by atoms with Gasteiger partial charge in [0.05, 0.1) is 20.4 Å². The quantitative estimate of drug-likeness (QED) is 0.253. The van der Waals surface area contributed by atoms with E-state index < -0.39 is 8.07 Å². The molecule has 0 spiro atoms. The minimum Gasteiger partial charge on any atom is -0.238 e. The Morgan fingerprint density at radius 3 is 1.56 bits per heavy atom. The minimum absolute atomic E-state index is 1.05. The van der Waals surface area contributed by atoms with Crippen molar-refractivity contribution in [2.75, 3.05) is 0 Å². The van der Waals surface area contributed by atoms with Gasteiger partial charge in [-0.25, -0.2) is 9.97 Å². The third-order valence-electron chi connectivity index (χ3n) is 5.23. The topological polar surface area (TPSA) is 25.8 Å². The Balaban J connectivity index is 1.93. The van der Waals surface area contributed by atoms with Crippen LogP contribution in [0.5, 0.6) is 0 Å². The molecule has 0 aromatic carbocycles. The summed E-state index contributed by atoms with van der Waals surface area (Å²) in [5.41, 5.74) is 0. The average Bonchev–Trinajstić information content (AvgIpc) is 3.21. The summed E-state index contributed by atoms with van der Waals surface area (Å²) in [7, 11) is -1.79. The van der Waals surface area contributed by atoms with Gasteiger partial charge in [-0.3, -0.25) is 0 Å². The molecule has 1 aliphatic rings. The maximum Gasteiger partial charge on any atom is 0.168 e. The van der Waals surface area contributed by atoms with Crippen LogP contribution in [0.1, 0.15) is 65.2 Å². The number of fused-ring (bicyclic) bond motifs is 3. The third kappa shape index (κ3) is 4.15. The summed E-state index contributed by atoms with van der Waals surface area (Å²) in [4.78, 5) is 12.9. The van der Waals surface area contributed by atoms with Crippen LogP contribution in [0.2, 0.25) is 12.1 Å². The Morgan fingerprint density at radius 2 is 1.16 bits per heavy atom. The third-order valence-corrected chi connectivity index (χ3v) is 13.7. The molecule has 0 N–H and O–H groups in total. The first kappa shape index (κ1) is 20.2. The van der Waals surface area contributed by atoms with Crippen LogP contribution in [-0.4, -0.2) is 18.0 Å².